The fourth-order valence-corrected chi connectivity index (χ4v) is 5.22. The minimum Gasteiger partial charge on any atom is -0.481 e. The standard InChI is InChI=1S/C28H27N3O5S/c1-3-4-14-36-23-8-10-24(11-9-23)37(34,35)30-26(28(32)33)16-22-19-31(18-21-6-5-13-29-17-21)27-12-7-20(2)15-25(22)27/h5-13,15,17,19,26,30H,14,16,18H2,1-2H3,(H,32,33). The zero-order chi connectivity index (χ0) is 26.4. The Labute approximate surface area is 216 Å². The average Bonchev–Trinajstić information content (AvgIpc) is 3.20. The number of ether oxygens (including phenoxy) is 1. The van der Waals surface area contributed by atoms with E-state index in [2.05, 4.69) is 21.5 Å². The van der Waals surface area contributed by atoms with E-state index in [1.165, 1.54) is 24.3 Å². The molecule has 2 N–H and O–H groups in total. The second-order valence-electron chi connectivity index (χ2n) is 8.57. The summed E-state index contributed by atoms with van der Waals surface area (Å²) < 4.78 is 35.8. The van der Waals surface area contributed by atoms with Crippen LogP contribution in [0.25, 0.3) is 10.9 Å². The number of carboxylic acids is 1. The summed E-state index contributed by atoms with van der Waals surface area (Å²) in [5.41, 5.74) is 3.68. The van der Waals surface area contributed by atoms with Crippen molar-refractivity contribution in [3.8, 4) is 17.6 Å². The van der Waals surface area contributed by atoms with E-state index in [0.29, 0.717) is 12.3 Å². The Bertz CT molecular complexity index is 1570. The van der Waals surface area contributed by atoms with E-state index >= 15 is 0 Å². The normalized spacial score (nSPS) is 12.1. The number of nitrogens with one attached hydrogen (secondary N) is 1. The number of rotatable bonds is 10. The molecule has 0 saturated heterocycles. The van der Waals surface area contributed by atoms with E-state index in [-0.39, 0.29) is 17.9 Å². The van der Waals surface area contributed by atoms with Crippen LogP contribution in [0, 0.1) is 18.8 Å². The molecular weight excluding hydrogens is 490 g/mol. The number of hydrogen-bond acceptors (Lipinski definition) is 5. The molecule has 0 fully saturated rings. The fourth-order valence-electron chi connectivity index (χ4n) is 4.03. The van der Waals surface area contributed by atoms with Gasteiger partial charge < -0.3 is 14.4 Å². The third-order valence-electron chi connectivity index (χ3n) is 5.84. The lowest BCUT2D eigenvalue weighted by Gasteiger charge is -2.15. The Hall–Kier alpha value is -4.13. The number of nitrogens with zero attached hydrogens (tertiary/aromatic N) is 2. The summed E-state index contributed by atoms with van der Waals surface area (Å²) >= 11 is 0. The van der Waals surface area contributed by atoms with Crippen molar-refractivity contribution in [3.05, 3.63) is 89.9 Å². The van der Waals surface area contributed by atoms with Crippen molar-refractivity contribution in [2.75, 3.05) is 6.61 Å². The fraction of sp³-hybridized carbons (Fsp3) is 0.214. The summed E-state index contributed by atoms with van der Waals surface area (Å²) in [4.78, 5) is 16.3. The van der Waals surface area contributed by atoms with Gasteiger partial charge in [-0.1, -0.05) is 23.6 Å². The zero-order valence-corrected chi connectivity index (χ0v) is 21.3. The molecule has 37 heavy (non-hydrogen) atoms. The van der Waals surface area contributed by atoms with E-state index in [4.69, 9.17) is 4.74 Å². The molecule has 0 spiro atoms. The van der Waals surface area contributed by atoms with Gasteiger partial charge in [0, 0.05) is 42.5 Å². The third kappa shape index (κ3) is 6.36. The lowest BCUT2D eigenvalue weighted by molar-refractivity contribution is -0.138. The van der Waals surface area contributed by atoms with Gasteiger partial charge >= 0.3 is 5.97 Å². The van der Waals surface area contributed by atoms with Crippen LogP contribution in [0.3, 0.4) is 0 Å². The zero-order valence-electron chi connectivity index (χ0n) is 20.5. The predicted molar refractivity (Wildman–Crippen MR) is 141 cm³/mol. The third-order valence-corrected chi connectivity index (χ3v) is 7.32. The number of sulfonamides is 1. The number of carboxylic acid groups (broad SMARTS) is 1. The van der Waals surface area contributed by atoms with Crippen molar-refractivity contribution in [2.24, 2.45) is 0 Å². The van der Waals surface area contributed by atoms with E-state index in [9.17, 15) is 18.3 Å². The minimum absolute atomic E-state index is 0.0224. The molecule has 2 aromatic heterocycles. The molecule has 9 heteroatoms. The highest BCUT2D eigenvalue weighted by Gasteiger charge is 2.27. The maximum atomic E-state index is 13.0. The summed E-state index contributed by atoms with van der Waals surface area (Å²) in [6.07, 6.45) is 5.34. The molecule has 0 bridgehead atoms. The van der Waals surface area contributed by atoms with Crippen molar-refractivity contribution in [2.45, 2.75) is 37.8 Å². The first-order chi connectivity index (χ1) is 17.8. The Morgan fingerprint density at radius 2 is 1.97 bits per heavy atom. The van der Waals surface area contributed by atoms with Gasteiger partial charge in [-0.3, -0.25) is 9.78 Å². The second-order valence-corrected chi connectivity index (χ2v) is 10.3. The van der Waals surface area contributed by atoms with Gasteiger partial charge in [-0.15, -0.1) is 5.92 Å². The van der Waals surface area contributed by atoms with Gasteiger partial charge in [0.1, 0.15) is 18.4 Å². The SMILES string of the molecule is CC#CCOc1ccc(S(=O)(=O)NC(Cc2cn(Cc3cccnc3)c3ccc(C)cc23)C(=O)O)cc1. The number of fused-ring (bicyclic) bond motifs is 1. The number of aliphatic carboxylic acids is 1. The Morgan fingerprint density at radius 1 is 1.19 bits per heavy atom. The van der Waals surface area contributed by atoms with E-state index in [0.717, 1.165) is 27.6 Å². The summed E-state index contributed by atoms with van der Waals surface area (Å²) in [7, 11) is -4.10. The van der Waals surface area contributed by atoms with Gasteiger partial charge in [-0.25, -0.2) is 8.42 Å². The molecule has 0 radical (unpaired) electrons. The van der Waals surface area contributed by atoms with Gasteiger partial charge in [-0.2, -0.15) is 4.72 Å². The van der Waals surface area contributed by atoms with Crippen LogP contribution < -0.4 is 9.46 Å². The number of benzene rings is 2. The van der Waals surface area contributed by atoms with E-state index in [1.54, 1.807) is 19.3 Å². The Morgan fingerprint density at radius 3 is 2.65 bits per heavy atom. The lowest BCUT2D eigenvalue weighted by atomic mass is 10.0. The summed E-state index contributed by atoms with van der Waals surface area (Å²) in [5.74, 6) is 4.68. The molecule has 2 heterocycles. The van der Waals surface area contributed by atoms with Crippen molar-refractivity contribution < 1.29 is 23.1 Å². The van der Waals surface area contributed by atoms with Gasteiger partial charge in [0.2, 0.25) is 10.0 Å². The molecule has 0 amide bonds. The van der Waals surface area contributed by atoms with Crippen molar-refractivity contribution in [3.63, 3.8) is 0 Å². The highest BCUT2D eigenvalue weighted by Crippen LogP contribution is 2.26. The molecule has 8 nitrogen and oxygen atoms in total. The topological polar surface area (TPSA) is 111 Å². The molecule has 0 saturated carbocycles. The minimum atomic E-state index is -4.10. The molecule has 0 aliphatic heterocycles. The van der Waals surface area contributed by atoms with E-state index in [1.807, 2.05) is 48.0 Å². The van der Waals surface area contributed by atoms with Crippen molar-refractivity contribution >= 4 is 26.9 Å². The summed E-state index contributed by atoms with van der Waals surface area (Å²) in [6, 6.07) is 14.2. The van der Waals surface area contributed by atoms with Gasteiger partial charge in [0.15, 0.2) is 0 Å². The number of hydrogen-bond donors (Lipinski definition) is 2. The smallest absolute Gasteiger partial charge is 0.322 e. The molecule has 4 rings (SSSR count). The van der Waals surface area contributed by atoms with Crippen molar-refractivity contribution in [1.29, 1.82) is 0 Å². The second kappa shape index (κ2) is 11.3. The van der Waals surface area contributed by atoms with Gasteiger partial charge in [-0.05, 0) is 67.4 Å². The van der Waals surface area contributed by atoms with Crippen LogP contribution in [0.4, 0.5) is 0 Å². The molecule has 1 unspecified atom stereocenters. The first kappa shape index (κ1) is 25.9. The average molecular weight is 518 g/mol. The van der Waals surface area contributed by atoms with Crippen LogP contribution in [-0.4, -0.2) is 41.7 Å². The first-order valence-corrected chi connectivity index (χ1v) is 13.1. The van der Waals surface area contributed by atoms with Crippen LogP contribution in [0.2, 0.25) is 0 Å². The van der Waals surface area contributed by atoms with Crippen LogP contribution in [-0.2, 0) is 27.8 Å². The highest BCUT2D eigenvalue weighted by atomic mass is 32.2. The predicted octanol–water partition coefficient (Wildman–Crippen LogP) is 3.77. The number of aryl methyl sites for hydroxylation is 1. The molecule has 0 aliphatic carbocycles. The van der Waals surface area contributed by atoms with Gasteiger partial charge in [0.25, 0.3) is 0 Å². The molecule has 1 atom stereocenters. The van der Waals surface area contributed by atoms with Crippen molar-refractivity contribution in [1.82, 2.24) is 14.3 Å². The Kier molecular flexibility index (Phi) is 7.92. The number of aromatic nitrogens is 2. The highest BCUT2D eigenvalue weighted by molar-refractivity contribution is 7.89. The maximum Gasteiger partial charge on any atom is 0.322 e. The summed E-state index contributed by atoms with van der Waals surface area (Å²) in [6.45, 7) is 4.40. The van der Waals surface area contributed by atoms with E-state index < -0.39 is 22.0 Å². The first-order valence-electron chi connectivity index (χ1n) is 11.6. The number of pyridine rings is 1. The monoisotopic (exact) mass is 517 g/mol. The Balaban J connectivity index is 1.59. The van der Waals surface area contributed by atoms with Crippen LogP contribution in [0.5, 0.6) is 5.75 Å². The maximum absolute atomic E-state index is 13.0. The lowest BCUT2D eigenvalue weighted by Crippen LogP contribution is -2.42. The molecule has 190 valence electrons. The van der Waals surface area contributed by atoms with Crippen LogP contribution in [0.1, 0.15) is 23.6 Å². The number of carbonyl (C=O) groups is 1. The van der Waals surface area contributed by atoms with Gasteiger partial charge in [0.05, 0.1) is 4.90 Å². The van der Waals surface area contributed by atoms with Crippen LogP contribution in [0.15, 0.2) is 78.1 Å². The molecular formula is C28H27N3O5S. The largest absolute Gasteiger partial charge is 0.481 e. The summed E-state index contributed by atoms with van der Waals surface area (Å²) in [5, 5.41) is 10.8. The van der Waals surface area contributed by atoms with Crippen LogP contribution >= 0.6 is 0 Å². The molecule has 2 aromatic carbocycles. The molecule has 4 aromatic rings. The molecule has 0 aliphatic rings. The quantitative estimate of drug-likeness (QED) is 0.310.